The van der Waals surface area contributed by atoms with E-state index in [0.29, 0.717) is 11.4 Å². The number of nitrogens with two attached hydrogens (primary N) is 1. The van der Waals surface area contributed by atoms with Gasteiger partial charge in [-0.05, 0) is 43.7 Å². The Morgan fingerprint density at radius 1 is 1.45 bits per heavy atom. The van der Waals surface area contributed by atoms with Gasteiger partial charge in [-0.15, -0.1) is 0 Å². The van der Waals surface area contributed by atoms with Gasteiger partial charge in [0.05, 0.1) is 0 Å². The summed E-state index contributed by atoms with van der Waals surface area (Å²) >= 11 is 0. The molecule has 110 valence electrons. The van der Waals surface area contributed by atoms with Crippen LogP contribution in [0.2, 0.25) is 0 Å². The van der Waals surface area contributed by atoms with Gasteiger partial charge in [-0.2, -0.15) is 0 Å². The highest BCUT2D eigenvalue weighted by molar-refractivity contribution is 5.94. The topological polar surface area (TPSA) is 68.0 Å². The Bertz CT molecular complexity index is 453. The summed E-state index contributed by atoms with van der Waals surface area (Å²) in [5.41, 5.74) is 7.04. The third-order valence-electron chi connectivity index (χ3n) is 4.12. The van der Waals surface area contributed by atoms with Gasteiger partial charge in [-0.3, -0.25) is 4.79 Å². The number of aryl methyl sites for hydroxylation is 1. The van der Waals surface area contributed by atoms with Crippen molar-refractivity contribution in [3.8, 4) is 0 Å². The van der Waals surface area contributed by atoms with Crippen LogP contribution < -0.4 is 11.1 Å². The Labute approximate surface area is 121 Å². The van der Waals surface area contributed by atoms with Crippen molar-refractivity contribution in [2.24, 2.45) is 11.8 Å². The minimum absolute atomic E-state index is 0.0499. The summed E-state index contributed by atoms with van der Waals surface area (Å²) in [5, 5.41) is 2.99. The van der Waals surface area contributed by atoms with Crippen LogP contribution in [0.3, 0.4) is 0 Å². The molecule has 0 spiro atoms. The average Bonchev–Trinajstić information content (AvgIpc) is 2.37. The SMILES string of the molecule is Cc1cc(C(=O)NCCC2CCCC(C)C2)cc(N)n1. The predicted octanol–water partition coefficient (Wildman–Crippen LogP) is 2.92. The normalized spacial score (nSPS) is 22.5. The molecule has 2 rings (SSSR count). The van der Waals surface area contributed by atoms with Crippen LogP contribution in [0, 0.1) is 18.8 Å². The number of hydrogen-bond acceptors (Lipinski definition) is 3. The maximum absolute atomic E-state index is 12.1. The van der Waals surface area contributed by atoms with Crippen molar-refractivity contribution in [2.45, 2.75) is 46.0 Å². The number of rotatable bonds is 4. The maximum Gasteiger partial charge on any atom is 0.251 e. The minimum Gasteiger partial charge on any atom is -0.384 e. The van der Waals surface area contributed by atoms with Gasteiger partial charge < -0.3 is 11.1 Å². The zero-order chi connectivity index (χ0) is 14.5. The molecule has 4 nitrogen and oxygen atoms in total. The smallest absolute Gasteiger partial charge is 0.251 e. The first-order valence-corrected chi connectivity index (χ1v) is 7.57. The van der Waals surface area contributed by atoms with Crippen molar-refractivity contribution in [3.05, 3.63) is 23.4 Å². The fraction of sp³-hybridized carbons (Fsp3) is 0.625. The van der Waals surface area contributed by atoms with Gasteiger partial charge >= 0.3 is 0 Å². The fourth-order valence-electron chi connectivity index (χ4n) is 3.14. The summed E-state index contributed by atoms with van der Waals surface area (Å²) in [5.74, 6) is 1.96. The molecule has 1 aliphatic carbocycles. The van der Waals surface area contributed by atoms with Gasteiger partial charge in [0.15, 0.2) is 0 Å². The predicted molar refractivity (Wildman–Crippen MR) is 81.5 cm³/mol. The lowest BCUT2D eigenvalue weighted by atomic mass is 9.81. The largest absolute Gasteiger partial charge is 0.384 e. The van der Waals surface area contributed by atoms with Gasteiger partial charge in [-0.25, -0.2) is 4.98 Å². The van der Waals surface area contributed by atoms with Crippen molar-refractivity contribution < 1.29 is 4.79 Å². The van der Waals surface area contributed by atoms with Crippen LogP contribution in [0.4, 0.5) is 5.82 Å². The van der Waals surface area contributed by atoms with E-state index in [1.165, 1.54) is 25.7 Å². The number of hydrogen-bond donors (Lipinski definition) is 2. The molecule has 4 heteroatoms. The van der Waals surface area contributed by atoms with Gasteiger partial charge in [-0.1, -0.05) is 26.2 Å². The number of nitrogens with zero attached hydrogens (tertiary/aromatic N) is 1. The van der Waals surface area contributed by atoms with Crippen LogP contribution in [0.1, 0.15) is 55.1 Å². The van der Waals surface area contributed by atoms with E-state index in [2.05, 4.69) is 17.2 Å². The van der Waals surface area contributed by atoms with Gasteiger partial charge in [0, 0.05) is 17.8 Å². The Morgan fingerprint density at radius 2 is 2.25 bits per heavy atom. The number of nitrogens with one attached hydrogen (secondary N) is 1. The average molecular weight is 275 g/mol. The van der Waals surface area contributed by atoms with E-state index >= 15 is 0 Å². The van der Waals surface area contributed by atoms with Crippen LogP contribution in [0.5, 0.6) is 0 Å². The summed E-state index contributed by atoms with van der Waals surface area (Å²) in [6, 6.07) is 3.40. The lowest BCUT2D eigenvalue weighted by Crippen LogP contribution is -2.27. The molecule has 2 unspecified atom stereocenters. The fourth-order valence-corrected chi connectivity index (χ4v) is 3.14. The number of carbonyl (C=O) groups is 1. The van der Waals surface area contributed by atoms with Crippen molar-refractivity contribution in [3.63, 3.8) is 0 Å². The van der Waals surface area contributed by atoms with Crippen LogP contribution >= 0.6 is 0 Å². The molecule has 20 heavy (non-hydrogen) atoms. The Kier molecular flexibility index (Phi) is 4.99. The summed E-state index contributed by atoms with van der Waals surface area (Å²) in [6.07, 6.45) is 6.38. The van der Waals surface area contributed by atoms with Crippen molar-refractivity contribution in [1.29, 1.82) is 0 Å². The molecular weight excluding hydrogens is 250 g/mol. The molecule has 2 atom stereocenters. The first kappa shape index (κ1) is 14.8. The third-order valence-corrected chi connectivity index (χ3v) is 4.12. The minimum atomic E-state index is -0.0499. The van der Waals surface area contributed by atoms with Crippen molar-refractivity contribution in [2.75, 3.05) is 12.3 Å². The molecule has 0 aliphatic heterocycles. The first-order chi connectivity index (χ1) is 9.54. The van der Waals surface area contributed by atoms with E-state index in [1.54, 1.807) is 12.1 Å². The number of carbonyl (C=O) groups excluding carboxylic acids is 1. The molecule has 3 N–H and O–H groups in total. The second kappa shape index (κ2) is 6.73. The summed E-state index contributed by atoms with van der Waals surface area (Å²) in [7, 11) is 0. The van der Waals surface area contributed by atoms with E-state index in [0.717, 1.165) is 30.5 Å². The molecule has 1 aliphatic rings. The van der Waals surface area contributed by atoms with E-state index in [1.807, 2.05) is 6.92 Å². The first-order valence-electron chi connectivity index (χ1n) is 7.57. The molecule has 0 aromatic carbocycles. The molecular formula is C16H25N3O. The molecule has 1 aromatic heterocycles. The number of anilines is 1. The van der Waals surface area contributed by atoms with Crippen molar-refractivity contribution >= 4 is 11.7 Å². The highest BCUT2D eigenvalue weighted by Gasteiger charge is 2.18. The van der Waals surface area contributed by atoms with Crippen LogP contribution in [0.25, 0.3) is 0 Å². The van der Waals surface area contributed by atoms with E-state index in [-0.39, 0.29) is 5.91 Å². The number of pyridine rings is 1. The lowest BCUT2D eigenvalue weighted by molar-refractivity contribution is 0.0949. The quantitative estimate of drug-likeness (QED) is 0.887. The monoisotopic (exact) mass is 275 g/mol. The van der Waals surface area contributed by atoms with Crippen LogP contribution in [0.15, 0.2) is 12.1 Å². The Hall–Kier alpha value is -1.58. The maximum atomic E-state index is 12.1. The van der Waals surface area contributed by atoms with E-state index in [4.69, 9.17) is 5.73 Å². The number of amides is 1. The molecule has 0 saturated heterocycles. The molecule has 1 amide bonds. The highest BCUT2D eigenvalue weighted by atomic mass is 16.1. The Balaban J connectivity index is 1.80. The molecule has 1 aromatic rings. The van der Waals surface area contributed by atoms with Gasteiger partial charge in [0.1, 0.15) is 5.82 Å². The molecule has 0 radical (unpaired) electrons. The standard InChI is InChI=1S/C16H25N3O/c1-11-4-3-5-13(8-11)6-7-18-16(20)14-9-12(2)19-15(17)10-14/h9-11,13H,3-8H2,1-2H3,(H2,17,19)(H,18,20). The molecule has 1 saturated carbocycles. The van der Waals surface area contributed by atoms with Crippen LogP contribution in [-0.2, 0) is 0 Å². The Morgan fingerprint density at radius 3 is 2.95 bits per heavy atom. The second-order valence-electron chi connectivity index (χ2n) is 6.10. The molecule has 1 fully saturated rings. The van der Waals surface area contributed by atoms with E-state index in [9.17, 15) is 4.79 Å². The van der Waals surface area contributed by atoms with Gasteiger partial charge in [0.25, 0.3) is 5.91 Å². The summed E-state index contributed by atoms with van der Waals surface area (Å²) in [6.45, 7) is 4.92. The summed E-state index contributed by atoms with van der Waals surface area (Å²) < 4.78 is 0. The number of nitrogen functional groups attached to an aromatic ring is 1. The third kappa shape index (κ3) is 4.22. The van der Waals surface area contributed by atoms with Crippen LogP contribution in [-0.4, -0.2) is 17.4 Å². The van der Waals surface area contributed by atoms with Gasteiger partial charge in [0.2, 0.25) is 0 Å². The molecule has 0 bridgehead atoms. The van der Waals surface area contributed by atoms with Crippen molar-refractivity contribution in [1.82, 2.24) is 10.3 Å². The van der Waals surface area contributed by atoms with E-state index < -0.39 is 0 Å². The second-order valence-corrected chi connectivity index (χ2v) is 6.10. The zero-order valence-corrected chi connectivity index (χ0v) is 12.5. The molecule has 1 heterocycles. The lowest BCUT2D eigenvalue weighted by Gasteiger charge is -2.26. The highest BCUT2D eigenvalue weighted by Crippen LogP contribution is 2.30. The zero-order valence-electron chi connectivity index (χ0n) is 12.5. The summed E-state index contributed by atoms with van der Waals surface area (Å²) in [4.78, 5) is 16.1. The number of aromatic nitrogens is 1.